The number of fused-ring (bicyclic) bond motifs is 1. The number of carbonyl (C=O) groups is 2. The summed E-state index contributed by atoms with van der Waals surface area (Å²) >= 11 is 0.0559. The van der Waals surface area contributed by atoms with Crippen LogP contribution in [0.2, 0.25) is 0 Å². The predicted molar refractivity (Wildman–Crippen MR) is 111 cm³/mol. The predicted octanol–water partition coefficient (Wildman–Crippen LogP) is 3.06. The Labute approximate surface area is 177 Å². The topological polar surface area (TPSA) is 52.6 Å². The fraction of sp³-hybridized carbons (Fsp3) is 0.333. The van der Waals surface area contributed by atoms with Crippen molar-refractivity contribution in [1.29, 1.82) is 0 Å². The summed E-state index contributed by atoms with van der Waals surface area (Å²) in [4.78, 5) is 27.6. The molecule has 1 aliphatic carbocycles. The van der Waals surface area contributed by atoms with Gasteiger partial charge in [0.1, 0.15) is 0 Å². The van der Waals surface area contributed by atoms with Gasteiger partial charge in [0, 0.05) is 0 Å². The molecule has 0 spiro atoms. The Morgan fingerprint density at radius 1 is 1.14 bits per heavy atom. The third kappa shape index (κ3) is 4.56. The number of hydrogen-bond acceptors (Lipinski definition) is 4. The van der Waals surface area contributed by atoms with E-state index in [9.17, 15) is 9.59 Å². The van der Waals surface area contributed by atoms with E-state index in [1.54, 1.807) is 0 Å². The maximum absolute atomic E-state index is 12.2. The summed E-state index contributed by atoms with van der Waals surface area (Å²) in [5.74, 6) is 4.63. The SMILES string of the molecule is CC(=O)C1CC(C(C#C[Se]c2ccccc2)c2ccc3c(c2)OCO3)CCC1=O. The second-order valence-corrected chi connectivity index (χ2v) is 9.26. The first-order valence-corrected chi connectivity index (χ1v) is 11.5. The first-order chi connectivity index (χ1) is 14.1. The first-order valence-electron chi connectivity index (χ1n) is 9.77. The second-order valence-electron chi connectivity index (χ2n) is 7.42. The van der Waals surface area contributed by atoms with Gasteiger partial charge in [-0.1, -0.05) is 0 Å². The van der Waals surface area contributed by atoms with Crippen LogP contribution < -0.4 is 13.9 Å². The van der Waals surface area contributed by atoms with E-state index in [-0.39, 0.29) is 45.2 Å². The van der Waals surface area contributed by atoms with Crippen molar-refractivity contribution >= 4 is 31.0 Å². The van der Waals surface area contributed by atoms with E-state index in [2.05, 4.69) is 22.9 Å². The molecule has 3 atom stereocenters. The van der Waals surface area contributed by atoms with E-state index < -0.39 is 5.92 Å². The number of Topliss-reactive ketones (excluding diaryl/α,β-unsaturated/α-hetero) is 2. The first kappa shape index (κ1) is 19.8. The number of ether oxygens (including phenoxy) is 2. The van der Waals surface area contributed by atoms with Gasteiger partial charge in [-0.25, -0.2) is 0 Å². The quantitative estimate of drug-likeness (QED) is 0.406. The van der Waals surface area contributed by atoms with Crippen LogP contribution in [-0.2, 0) is 9.59 Å². The zero-order valence-electron chi connectivity index (χ0n) is 16.2. The van der Waals surface area contributed by atoms with Crippen LogP contribution in [0.25, 0.3) is 0 Å². The van der Waals surface area contributed by atoms with E-state index in [1.807, 2.05) is 36.4 Å². The molecular weight excluding hydrogens is 431 g/mol. The summed E-state index contributed by atoms with van der Waals surface area (Å²) in [6, 6.07) is 16.2. The van der Waals surface area contributed by atoms with Crippen molar-refractivity contribution in [3.63, 3.8) is 0 Å². The summed E-state index contributed by atoms with van der Waals surface area (Å²) < 4.78 is 12.2. The average Bonchev–Trinajstić information content (AvgIpc) is 3.20. The van der Waals surface area contributed by atoms with Crippen LogP contribution in [-0.4, -0.2) is 33.3 Å². The molecule has 5 heteroatoms. The molecule has 1 saturated carbocycles. The molecule has 148 valence electrons. The minimum absolute atomic E-state index is 0.0365. The Kier molecular flexibility index (Phi) is 6.04. The molecule has 1 heterocycles. The monoisotopic (exact) mass is 454 g/mol. The Balaban J connectivity index is 1.62. The Hall–Kier alpha value is -2.54. The van der Waals surface area contributed by atoms with Crippen LogP contribution in [0, 0.1) is 22.6 Å². The van der Waals surface area contributed by atoms with Crippen LogP contribution in [0.3, 0.4) is 0 Å². The van der Waals surface area contributed by atoms with Gasteiger partial charge >= 0.3 is 177 Å². The van der Waals surface area contributed by atoms with E-state index in [0.29, 0.717) is 12.8 Å². The van der Waals surface area contributed by atoms with Crippen LogP contribution in [0.15, 0.2) is 48.5 Å². The molecular formula is C24H22O4Se. The third-order valence-corrected chi connectivity index (χ3v) is 7.06. The number of ketones is 2. The summed E-state index contributed by atoms with van der Waals surface area (Å²) in [5, 5.41) is 0. The summed E-state index contributed by atoms with van der Waals surface area (Å²) in [7, 11) is 0. The number of rotatable bonds is 4. The van der Waals surface area contributed by atoms with Gasteiger partial charge < -0.3 is 0 Å². The van der Waals surface area contributed by atoms with Gasteiger partial charge in [-0.05, 0) is 0 Å². The molecule has 29 heavy (non-hydrogen) atoms. The molecule has 2 aromatic rings. The van der Waals surface area contributed by atoms with Crippen LogP contribution in [0.1, 0.15) is 37.7 Å². The van der Waals surface area contributed by atoms with Crippen LogP contribution >= 0.6 is 0 Å². The normalized spacial score (nSPS) is 21.2. The molecule has 2 aromatic carbocycles. The molecule has 4 rings (SSSR count). The maximum atomic E-state index is 12.2. The Bertz CT molecular complexity index is 973. The van der Waals surface area contributed by atoms with Gasteiger partial charge in [-0.3, -0.25) is 0 Å². The van der Waals surface area contributed by atoms with Crippen molar-refractivity contribution in [1.82, 2.24) is 0 Å². The number of hydrogen-bond donors (Lipinski definition) is 0. The van der Waals surface area contributed by atoms with Crippen molar-refractivity contribution in [3.8, 4) is 22.2 Å². The molecule has 0 amide bonds. The molecule has 0 aromatic heterocycles. The van der Waals surface area contributed by atoms with Crippen molar-refractivity contribution in [2.75, 3.05) is 6.79 Å². The zero-order chi connectivity index (χ0) is 20.2. The molecule has 0 N–H and O–H groups in total. The summed E-state index contributed by atoms with van der Waals surface area (Å²) in [6.07, 6.45) is 1.77. The fourth-order valence-electron chi connectivity index (χ4n) is 3.97. The standard InChI is InChI=1S/C24H22O4Se/c1-16(25)21-13-17(7-9-22(21)26)20(11-12-29-19-5-3-2-4-6-19)18-8-10-23-24(14-18)28-15-27-23/h2-6,8,10,14,17,20-21H,7,9,13,15H2,1H3. The molecule has 1 fully saturated rings. The van der Waals surface area contributed by atoms with E-state index >= 15 is 0 Å². The average molecular weight is 453 g/mol. The van der Waals surface area contributed by atoms with Gasteiger partial charge in [-0.15, -0.1) is 0 Å². The van der Waals surface area contributed by atoms with Gasteiger partial charge in [0.05, 0.1) is 0 Å². The van der Waals surface area contributed by atoms with Crippen molar-refractivity contribution < 1.29 is 19.1 Å². The van der Waals surface area contributed by atoms with Gasteiger partial charge in [0.15, 0.2) is 0 Å². The van der Waals surface area contributed by atoms with Gasteiger partial charge in [0.2, 0.25) is 0 Å². The Morgan fingerprint density at radius 2 is 1.93 bits per heavy atom. The summed E-state index contributed by atoms with van der Waals surface area (Å²) in [6.45, 7) is 1.75. The van der Waals surface area contributed by atoms with Crippen molar-refractivity contribution in [2.24, 2.45) is 11.8 Å². The molecule has 3 unspecified atom stereocenters. The molecule has 4 nitrogen and oxygen atoms in total. The summed E-state index contributed by atoms with van der Waals surface area (Å²) in [5.41, 5.74) is 1.06. The molecule has 1 aliphatic heterocycles. The Morgan fingerprint density at radius 3 is 2.72 bits per heavy atom. The minimum atomic E-state index is -0.494. The number of benzene rings is 2. The molecule has 0 radical (unpaired) electrons. The fourth-order valence-corrected chi connectivity index (χ4v) is 5.22. The number of carbonyl (C=O) groups excluding carboxylic acids is 2. The van der Waals surface area contributed by atoms with Crippen LogP contribution in [0.5, 0.6) is 11.5 Å². The second kappa shape index (κ2) is 8.86. The molecule has 0 bridgehead atoms. The molecule has 2 aliphatic rings. The zero-order valence-corrected chi connectivity index (χ0v) is 17.9. The van der Waals surface area contributed by atoms with E-state index in [1.165, 1.54) is 11.4 Å². The van der Waals surface area contributed by atoms with Gasteiger partial charge in [0.25, 0.3) is 0 Å². The molecule has 0 saturated heterocycles. The van der Waals surface area contributed by atoms with Gasteiger partial charge in [-0.2, -0.15) is 0 Å². The van der Waals surface area contributed by atoms with E-state index in [0.717, 1.165) is 23.5 Å². The van der Waals surface area contributed by atoms with Crippen molar-refractivity contribution in [2.45, 2.75) is 32.1 Å². The van der Waals surface area contributed by atoms with Crippen LogP contribution in [0.4, 0.5) is 0 Å². The third-order valence-electron chi connectivity index (χ3n) is 5.53. The van der Waals surface area contributed by atoms with Crippen molar-refractivity contribution in [3.05, 3.63) is 54.1 Å². The van der Waals surface area contributed by atoms with E-state index in [4.69, 9.17) is 9.47 Å².